The number of carbonyl (C=O) groups is 1. The van der Waals surface area contributed by atoms with Gasteiger partial charge in [0.25, 0.3) is 5.91 Å². The summed E-state index contributed by atoms with van der Waals surface area (Å²) in [6.45, 7) is 2.34. The molecule has 0 saturated heterocycles. The van der Waals surface area contributed by atoms with Gasteiger partial charge in [0.1, 0.15) is 5.75 Å². The Balaban J connectivity index is 0.00000220. The van der Waals surface area contributed by atoms with Gasteiger partial charge in [-0.2, -0.15) is 0 Å². The largest absolute Gasteiger partial charge is 0.483 e. The fourth-order valence-corrected chi connectivity index (χ4v) is 2.82. The Bertz CT molecular complexity index is 489. The van der Waals surface area contributed by atoms with Crippen molar-refractivity contribution in [2.45, 2.75) is 38.1 Å². The molecule has 0 aromatic heterocycles. The van der Waals surface area contributed by atoms with Crippen molar-refractivity contribution in [3.63, 3.8) is 0 Å². The highest BCUT2D eigenvalue weighted by atomic mass is 35.5. The van der Waals surface area contributed by atoms with E-state index in [0.717, 1.165) is 31.2 Å². The SMILES string of the molecule is Cc1c(Cl)cccc1OCC(=O)NC1(CN)CCCC1.Cl. The van der Waals surface area contributed by atoms with Crippen LogP contribution in [0.2, 0.25) is 5.02 Å². The molecule has 0 heterocycles. The van der Waals surface area contributed by atoms with Crippen LogP contribution in [0.5, 0.6) is 5.75 Å². The number of hydrogen-bond donors (Lipinski definition) is 2. The molecule has 1 aromatic rings. The predicted octanol–water partition coefficient (Wildman–Crippen LogP) is 2.84. The summed E-state index contributed by atoms with van der Waals surface area (Å²) >= 11 is 6.01. The summed E-state index contributed by atoms with van der Waals surface area (Å²) in [6.07, 6.45) is 4.13. The summed E-state index contributed by atoms with van der Waals surface area (Å²) in [5.41, 5.74) is 6.41. The van der Waals surface area contributed by atoms with Gasteiger partial charge in [-0.15, -0.1) is 12.4 Å². The summed E-state index contributed by atoms with van der Waals surface area (Å²) in [4.78, 5) is 12.0. The van der Waals surface area contributed by atoms with Crippen molar-refractivity contribution in [3.05, 3.63) is 28.8 Å². The molecular weight excluding hydrogens is 311 g/mol. The van der Waals surface area contributed by atoms with Crippen LogP contribution in [0.25, 0.3) is 0 Å². The number of nitrogens with one attached hydrogen (secondary N) is 1. The lowest BCUT2D eigenvalue weighted by molar-refractivity contribution is -0.124. The second kappa shape index (κ2) is 7.87. The van der Waals surface area contributed by atoms with E-state index in [0.29, 0.717) is 17.3 Å². The van der Waals surface area contributed by atoms with E-state index >= 15 is 0 Å². The maximum atomic E-state index is 12.0. The molecule has 0 radical (unpaired) electrons. The number of ether oxygens (including phenoxy) is 1. The van der Waals surface area contributed by atoms with Gasteiger partial charge in [-0.25, -0.2) is 0 Å². The van der Waals surface area contributed by atoms with Gasteiger partial charge in [-0.1, -0.05) is 30.5 Å². The van der Waals surface area contributed by atoms with E-state index in [-0.39, 0.29) is 30.5 Å². The number of carbonyl (C=O) groups excluding carboxylic acids is 1. The number of rotatable bonds is 5. The first-order valence-corrected chi connectivity index (χ1v) is 7.33. The molecule has 0 unspecified atom stereocenters. The molecular formula is C15H22Cl2N2O2. The van der Waals surface area contributed by atoms with Crippen molar-refractivity contribution >= 4 is 29.9 Å². The third-order valence-electron chi connectivity index (χ3n) is 3.93. The Kier molecular flexibility index (Phi) is 6.78. The van der Waals surface area contributed by atoms with Gasteiger partial charge in [-0.3, -0.25) is 4.79 Å². The molecule has 0 bridgehead atoms. The summed E-state index contributed by atoms with van der Waals surface area (Å²) in [6, 6.07) is 5.41. The monoisotopic (exact) mass is 332 g/mol. The van der Waals surface area contributed by atoms with Gasteiger partial charge in [-0.05, 0) is 31.9 Å². The average molecular weight is 333 g/mol. The van der Waals surface area contributed by atoms with Crippen LogP contribution in [0.15, 0.2) is 18.2 Å². The first-order valence-electron chi connectivity index (χ1n) is 6.95. The minimum atomic E-state index is -0.232. The summed E-state index contributed by atoms with van der Waals surface area (Å²) < 4.78 is 5.54. The minimum absolute atomic E-state index is 0. The van der Waals surface area contributed by atoms with Crippen molar-refractivity contribution < 1.29 is 9.53 Å². The molecule has 1 amide bonds. The van der Waals surface area contributed by atoms with Gasteiger partial charge >= 0.3 is 0 Å². The van der Waals surface area contributed by atoms with Crippen molar-refractivity contribution in [2.24, 2.45) is 5.73 Å². The zero-order chi connectivity index (χ0) is 14.6. The summed E-state index contributed by atoms with van der Waals surface area (Å²) in [7, 11) is 0. The molecule has 1 aromatic carbocycles. The summed E-state index contributed by atoms with van der Waals surface area (Å²) in [5.74, 6) is 0.512. The van der Waals surface area contributed by atoms with Crippen LogP contribution in [-0.2, 0) is 4.79 Å². The van der Waals surface area contributed by atoms with E-state index in [1.54, 1.807) is 12.1 Å². The van der Waals surface area contributed by atoms with Crippen molar-refractivity contribution in [3.8, 4) is 5.75 Å². The van der Waals surface area contributed by atoms with Crippen LogP contribution >= 0.6 is 24.0 Å². The molecule has 21 heavy (non-hydrogen) atoms. The molecule has 1 aliphatic rings. The van der Waals surface area contributed by atoms with Crippen molar-refractivity contribution in [1.82, 2.24) is 5.32 Å². The van der Waals surface area contributed by atoms with E-state index < -0.39 is 0 Å². The average Bonchev–Trinajstić information content (AvgIpc) is 2.89. The van der Waals surface area contributed by atoms with E-state index in [1.807, 2.05) is 13.0 Å². The number of benzene rings is 1. The Morgan fingerprint density at radius 3 is 2.71 bits per heavy atom. The lowest BCUT2D eigenvalue weighted by Gasteiger charge is -2.28. The van der Waals surface area contributed by atoms with Gasteiger partial charge in [0.05, 0.1) is 5.54 Å². The molecule has 118 valence electrons. The Morgan fingerprint density at radius 2 is 2.10 bits per heavy atom. The number of nitrogens with two attached hydrogens (primary N) is 1. The Labute approximate surface area is 136 Å². The van der Waals surface area contributed by atoms with Crippen LogP contribution in [0.4, 0.5) is 0 Å². The van der Waals surface area contributed by atoms with E-state index in [4.69, 9.17) is 22.1 Å². The van der Waals surface area contributed by atoms with Crippen molar-refractivity contribution in [2.75, 3.05) is 13.2 Å². The maximum absolute atomic E-state index is 12.0. The Morgan fingerprint density at radius 1 is 1.43 bits per heavy atom. The number of halogens is 2. The molecule has 3 N–H and O–H groups in total. The van der Waals surface area contributed by atoms with Gasteiger partial charge in [0.2, 0.25) is 0 Å². The van der Waals surface area contributed by atoms with Gasteiger partial charge < -0.3 is 15.8 Å². The first-order chi connectivity index (χ1) is 9.56. The quantitative estimate of drug-likeness (QED) is 0.871. The van der Waals surface area contributed by atoms with E-state index in [2.05, 4.69) is 5.32 Å². The molecule has 4 nitrogen and oxygen atoms in total. The third kappa shape index (κ3) is 4.50. The zero-order valence-corrected chi connectivity index (χ0v) is 13.7. The first kappa shape index (κ1) is 18.1. The molecule has 0 aliphatic heterocycles. The topological polar surface area (TPSA) is 64.3 Å². The maximum Gasteiger partial charge on any atom is 0.258 e. The smallest absolute Gasteiger partial charge is 0.258 e. The van der Waals surface area contributed by atoms with Crippen LogP contribution in [0.1, 0.15) is 31.2 Å². The lowest BCUT2D eigenvalue weighted by Crippen LogP contribution is -2.52. The highest BCUT2D eigenvalue weighted by molar-refractivity contribution is 6.31. The second-order valence-corrected chi connectivity index (χ2v) is 5.80. The standard InChI is InChI=1S/C15H21ClN2O2.ClH/c1-11-12(16)5-4-6-13(11)20-9-14(19)18-15(10-17)7-2-3-8-15;/h4-6H,2-3,7-10,17H2,1H3,(H,18,19);1H. The second-order valence-electron chi connectivity index (χ2n) is 5.39. The highest BCUT2D eigenvalue weighted by Crippen LogP contribution is 2.29. The highest BCUT2D eigenvalue weighted by Gasteiger charge is 2.33. The van der Waals surface area contributed by atoms with Crippen LogP contribution < -0.4 is 15.8 Å². The van der Waals surface area contributed by atoms with Gasteiger partial charge in [0, 0.05) is 17.1 Å². The Hall–Kier alpha value is -0.970. The van der Waals surface area contributed by atoms with Crippen LogP contribution in [0, 0.1) is 6.92 Å². The fraction of sp³-hybridized carbons (Fsp3) is 0.533. The van der Waals surface area contributed by atoms with Crippen LogP contribution in [-0.4, -0.2) is 24.6 Å². The molecule has 1 fully saturated rings. The van der Waals surface area contributed by atoms with Crippen molar-refractivity contribution in [1.29, 1.82) is 0 Å². The molecule has 6 heteroatoms. The molecule has 1 saturated carbocycles. The molecule has 1 aliphatic carbocycles. The fourth-order valence-electron chi connectivity index (χ4n) is 2.65. The third-order valence-corrected chi connectivity index (χ3v) is 4.34. The molecule has 0 atom stereocenters. The number of amides is 1. The zero-order valence-electron chi connectivity index (χ0n) is 12.2. The normalized spacial score (nSPS) is 16.1. The van der Waals surface area contributed by atoms with E-state index in [9.17, 15) is 4.79 Å². The van der Waals surface area contributed by atoms with E-state index in [1.165, 1.54) is 0 Å². The predicted molar refractivity (Wildman–Crippen MR) is 87.3 cm³/mol. The van der Waals surface area contributed by atoms with Gasteiger partial charge in [0.15, 0.2) is 6.61 Å². The summed E-state index contributed by atoms with van der Waals surface area (Å²) in [5, 5.41) is 3.66. The van der Waals surface area contributed by atoms with Crippen LogP contribution in [0.3, 0.4) is 0 Å². The minimum Gasteiger partial charge on any atom is -0.483 e. The molecule has 2 rings (SSSR count). The number of hydrogen-bond acceptors (Lipinski definition) is 3. The lowest BCUT2D eigenvalue weighted by atomic mass is 9.98. The molecule has 0 spiro atoms.